The fraction of sp³-hybridized carbons (Fsp3) is 0.250. The van der Waals surface area contributed by atoms with Gasteiger partial charge in [-0.15, -0.1) is 0 Å². The van der Waals surface area contributed by atoms with Crippen molar-refractivity contribution in [2.45, 2.75) is 13.3 Å². The molecule has 96 valence electrons. The smallest absolute Gasteiger partial charge is 0.279 e. The van der Waals surface area contributed by atoms with Crippen LogP contribution >= 0.6 is 43.2 Å². The number of aromatic nitrogens is 1. The number of hydrogen-bond acceptors (Lipinski definition) is 4. The van der Waals surface area contributed by atoms with E-state index in [0.29, 0.717) is 11.8 Å². The minimum Gasteiger partial charge on any atom is -0.494 e. The molecule has 0 unspecified atom stereocenters. The van der Waals surface area contributed by atoms with Gasteiger partial charge in [-0.1, -0.05) is 18.3 Å². The third kappa shape index (κ3) is 3.70. The van der Waals surface area contributed by atoms with Gasteiger partial charge in [0.25, 0.3) is 5.19 Å². The zero-order valence-corrected chi connectivity index (χ0v) is 13.6. The van der Waals surface area contributed by atoms with Gasteiger partial charge in [-0.05, 0) is 56.5 Å². The second-order valence-corrected chi connectivity index (χ2v) is 6.70. The lowest BCUT2D eigenvalue weighted by Gasteiger charge is -2.08. The number of rotatable bonds is 5. The third-order valence-electron chi connectivity index (χ3n) is 2.03. The quantitative estimate of drug-likeness (QED) is 0.696. The van der Waals surface area contributed by atoms with Gasteiger partial charge >= 0.3 is 0 Å². The summed E-state index contributed by atoms with van der Waals surface area (Å²) in [6, 6.07) is 5.65. The molecule has 6 heteroatoms. The molecule has 0 spiro atoms. The Hall–Kier alpha value is -0.590. The maximum absolute atomic E-state index is 5.66. The SMILES string of the molecule is CCCOc1ccc(Oc2ncc(Br)s2)c(Br)c1. The predicted molar refractivity (Wildman–Crippen MR) is 79.8 cm³/mol. The largest absolute Gasteiger partial charge is 0.494 e. The summed E-state index contributed by atoms with van der Waals surface area (Å²) in [6.07, 6.45) is 2.70. The molecule has 0 saturated carbocycles. The first-order valence-electron chi connectivity index (χ1n) is 5.40. The molecule has 0 amide bonds. The van der Waals surface area contributed by atoms with Crippen LogP contribution in [0.3, 0.4) is 0 Å². The van der Waals surface area contributed by atoms with Crippen molar-refractivity contribution >= 4 is 43.2 Å². The maximum Gasteiger partial charge on any atom is 0.279 e. The summed E-state index contributed by atoms with van der Waals surface area (Å²) >= 11 is 8.25. The average Bonchev–Trinajstić information content (AvgIpc) is 2.75. The predicted octanol–water partition coefficient (Wildman–Crippen LogP) is 5.25. The van der Waals surface area contributed by atoms with Crippen molar-refractivity contribution in [1.82, 2.24) is 4.98 Å². The molecule has 0 aliphatic heterocycles. The van der Waals surface area contributed by atoms with E-state index in [1.54, 1.807) is 6.20 Å². The topological polar surface area (TPSA) is 31.4 Å². The second kappa shape index (κ2) is 6.54. The summed E-state index contributed by atoms with van der Waals surface area (Å²) in [5.41, 5.74) is 0. The van der Waals surface area contributed by atoms with Gasteiger partial charge in [0.1, 0.15) is 11.5 Å². The normalized spacial score (nSPS) is 10.4. The molecule has 0 N–H and O–H groups in total. The molecule has 1 aromatic carbocycles. The van der Waals surface area contributed by atoms with Gasteiger partial charge in [0.2, 0.25) is 0 Å². The third-order valence-corrected chi connectivity index (χ3v) is 4.00. The van der Waals surface area contributed by atoms with Crippen LogP contribution in [0.25, 0.3) is 0 Å². The number of halogens is 2. The standard InChI is InChI=1S/C12H11Br2NO2S/c1-2-5-16-8-3-4-10(9(13)6-8)17-12-15-7-11(14)18-12/h3-4,6-7H,2,5H2,1H3. The van der Waals surface area contributed by atoms with Crippen LogP contribution in [0, 0.1) is 0 Å². The van der Waals surface area contributed by atoms with Crippen LogP contribution in [-0.2, 0) is 0 Å². The Morgan fingerprint density at radius 2 is 2.17 bits per heavy atom. The molecule has 3 nitrogen and oxygen atoms in total. The van der Waals surface area contributed by atoms with Crippen LogP contribution < -0.4 is 9.47 Å². The highest BCUT2D eigenvalue weighted by Gasteiger charge is 2.07. The molecule has 1 heterocycles. The number of nitrogens with zero attached hydrogens (tertiary/aromatic N) is 1. The molecular weight excluding hydrogens is 382 g/mol. The fourth-order valence-corrected chi connectivity index (χ4v) is 2.72. The minimum absolute atomic E-state index is 0.602. The van der Waals surface area contributed by atoms with Crippen molar-refractivity contribution < 1.29 is 9.47 Å². The van der Waals surface area contributed by atoms with E-state index in [4.69, 9.17) is 9.47 Å². The summed E-state index contributed by atoms with van der Waals surface area (Å²) in [5, 5.41) is 0.602. The Morgan fingerprint density at radius 3 is 2.78 bits per heavy atom. The Balaban J connectivity index is 2.09. The zero-order valence-electron chi connectivity index (χ0n) is 9.65. The van der Waals surface area contributed by atoms with Crippen molar-refractivity contribution in [1.29, 1.82) is 0 Å². The molecule has 2 rings (SSSR count). The van der Waals surface area contributed by atoms with E-state index < -0.39 is 0 Å². The first kappa shape index (κ1) is 13.8. The average molecular weight is 393 g/mol. The molecule has 0 radical (unpaired) electrons. The molecule has 0 saturated heterocycles. The van der Waals surface area contributed by atoms with Gasteiger partial charge in [0.05, 0.1) is 21.1 Å². The van der Waals surface area contributed by atoms with Crippen LogP contribution in [0.15, 0.2) is 32.7 Å². The first-order chi connectivity index (χ1) is 8.69. The highest BCUT2D eigenvalue weighted by molar-refractivity contribution is 9.11. The highest BCUT2D eigenvalue weighted by Crippen LogP contribution is 2.35. The van der Waals surface area contributed by atoms with E-state index in [2.05, 4.69) is 43.8 Å². The van der Waals surface area contributed by atoms with E-state index in [9.17, 15) is 0 Å². The molecular formula is C12H11Br2NO2S. The lowest BCUT2D eigenvalue weighted by molar-refractivity contribution is 0.316. The summed E-state index contributed by atoms with van der Waals surface area (Å²) in [5.74, 6) is 1.55. The molecule has 0 aliphatic carbocycles. The van der Waals surface area contributed by atoms with Crippen LogP contribution in [0.5, 0.6) is 16.7 Å². The minimum atomic E-state index is 0.602. The summed E-state index contributed by atoms with van der Waals surface area (Å²) in [7, 11) is 0. The lowest BCUT2D eigenvalue weighted by atomic mass is 10.3. The van der Waals surface area contributed by atoms with Gasteiger partial charge in [0.15, 0.2) is 0 Å². The van der Waals surface area contributed by atoms with E-state index in [1.807, 2.05) is 18.2 Å². The first-order valence-corrected chi connectivity index (χ1v) is 7.81. The summed E-state index contributed by atoms with van der Waals surface area (Å²) in [6.45, 7) is 2.79. The van der Waals surface area contributed by atoms with Gasteiger partial charge in [-0.25, -0.2) is 4.98 Å². The molecule has 2 aromatic rings. The molecule has 0 fully saturated rings. The number of ether oxygens (including phenoxy) is 2. The van der Waals surface area contributed by atoms with E-state index in [0.717, 1.165) is 26.2 Å². The van der Waals surface area contributed by atoms with Gasteiger partial charge in [-0.2, -0.15) is 0 Å². The fourth-order valence-electron chi connectivity index (χ4n) is 1.25. The number of hydrogen-bond donors (Lipinski definition) is 0. The van der Waals surface area contributed by atoms with Gasteiger partial charge < -0.3 is 9.47 Å². The van der Waals surface area contributed by atoms with Crippen LogP contribution in [0.1, 0.15) is 13.3 Å². The van der Waals surface area contributed by atoms with Crippen molar-refractivity contribution in [3.8, 4) is 16.7 Å². The Labute approximate surface area is 126 Å². The van der Waals surface area contributed by atoms with Gasteiger partial charge in [0, 0.05) is 0 Å². The van der Waals surface area contributed by atoms with Crippen molar-refractivity contribution in [2.75, 3.05) is 6.61 Å². The Bertz CT molecular complexity index is 531. The van der Waals surface area contributed by atoms with E-state index in [-0.39, 0.29) is 0 Å². The molecule has 0 aliphatic rings. The van der Waals surface area contributed by atoms with Crippen LogP contribution in [-0.4, -0.2) is 11.6 Å². The van der Waals surface area contributed by atoms with E-state index >= 15 is 0 Å². The van der Waals surface area contributed by atoms with Crippen molar-refractivity contribution in [2.24, 2.45) is 0 Å². The second-order valence-electron chi connectivity index (χ2n) is 3.47. The maximum atomic E-state index is 5.66. The summed E-state index contributed by atoms with van der Waals surface area (Å²) < 4.78 is 13.0. The Morgan fingerprint density at radius 1 is 1.33 bits per heavy atom. The molecule has 0 bridgehead atoms. The van der Waals surface area contributed by atoms with Crippen molar-refractivity contribution in [3.63, 3.8) is 0 Å². The lowest BCUT2D eigenvalue weighted by Crippen LogP contribution is -1.95. The zero-order chi connectivity index (χ0) is 13.0. The van der Waals surface area contributed by atoms with Gasteiger partial charge in [-0.3, -0.25) is 0 Å². The molecule has 0 atom stereocenters. The monoisotopic (exact) mass is 391 g/mol. The number of benzene rings is 1. The Kier molecular flexibility index (Phi) is 5.03. The highest BCUT2D eigenvalue weighted by atomic mass is 79.9. The molecule has 1 aromatic heterocycles. The summed E-state index contributed by atoms with van der Waals surface area (Å²) in [4.78, 5) is 4.12. The van der Waals surface area contributed by atoms with Crippen LogP contribution in [0.2, 0.25) is 0 Å². The molecule has 18 heavy (non-hydrogen) atoms. The van der Waals surface area contributed by atoms with Crippen molar-refractivity contribution in [3.05, 3.63) is 32.7 Å². The number of thiazole rings is 1. The van der Waals surface area contributed by atoms with Crippen LogP contribution in [0.4, 0.5) is 0 Å². The van der Waals surface area contributed by atoms with E-state index in [1.165, 1.54) is 11.3 Å².